The first kappa shape index (κ1) is 13.1. The van der Waals surface area contributed by atoms with Crippen LogP contribution >= 0.6 is 0 Å². The molecule has 2 rings (SSSR count). The molecule has 1 aliphatic rings. The number of aliphatic hydroxyl groups excluding tert-OH is 1. The molecular formula is C13H21N3O2. The van der Waals surface area contributed by atoms with Gasteiger partial charge in [-0.05, 0) is 19.8 Å². The van der Waals surface area contributed by atoms with Crippen LogP contribution in [-0.2, 0) is 0 Å². The second-order valence-electron chi connectivity index (χ2n) is 4.98. The minimum atomic E-state index is -0.234. The Labute approximate surface area is 108 Å². The number of anilines is 1. The summed E-state index contributed by atoms with van der Waals surface area (Å²) in [6.45, 7) is 2.06. The molecule has 5 nitrogen and oxygen atoms in total. The van der Waals surface area contributed by atoms with Crippen LogP contribution in [-0.4, -0.2) is 34.3 Å². The van der Waals surface area contributed by atoms with Gasteiger partial charge in [0.15, 0.2) is 0 Å². The van der Waals surface area contributed by atoms with E-state index in [1.807, 2.05) is 6.92 Å². The molecule has 0 spiro atoms. The number of aliphatic hydroxyl groups is 1. The monoisotopic (exact) mass is 251 g/mol. The summed E-state index contributed by atoms with van der Waals surface area (Å²) in [6.07, 6.45) is 6.99. The summed E-state index contributed by atoms with van der Waals surface area (Å²) >= 11 is 0. The van der Waals surface area contributed by atoms with E-state index in [-0.39, 0.29) is 12.1 Å². The van der Waals surface area contributed by atoms with Crippen LogP contribution in [0, 0.1) is 6.92 Å². The normalized spacial score (nSPS) is 18.4. The number of hydrogen-bond donors (Lipinski definition) is 2. The van der Waals surface area contributed by atoms with Crippen LogP contribution in [0.1, 0.15) is 37.7 Å². The van der Waals surface area contributed by atoms with E-state index < -0.39 is 0 Å². The summed E-state index contributed by atoms with van der Waals surface area (Å²) in [7, 11) is 1.60. The minimum Gasteiger partial charge on any atom is -0.481 e. The summed E-state index contributed by atoms with van der Waals surface area (Å²) < 4.78 is 5.19. The van der Waals surface area contributed by atoms with E-state index in [1.54, 1.807) is 7.11 Å². The first-order chi connectivity index (χ1) is 8.71. The molecule has 0 aromatic carbocycles. The molecule has 0 saturated heterocycles. The van der Waals surface area contributed by atoms with Gasteiger partial charge in [-0.1, -0.05) is 19.3 Å². The number of hydrogen-bond acceptors (Lipinski definition) is 5. The minimum absolute atomic E-state index is 0.138. The van der Waals surface area contributed by atoms with Crippen molar-refractivity contribution >= 4 is 5.82 Å². The topological polar surface area (TPSA) is 67.3 Å². The predicted molar refractivity (Wildman–Crippen MR) is 69.8 cm³/mol. The van der Waals surface area contributed by atoms with Gasteiger partial charge in [0, 0.05) is 0 Å². The molecule has 0 bridgehead atoms. The van der Waals surface area contributed by atoms with Gasteiger partial charge >= 0.3 is 0 Å². The molecule has 1 aromatic heterocycles. The van der Waals surface area contributed by atoms with Gasteiger partial charge in [0.05, 0.1) is 24.8 Å². The smallest absolute Gasteiger partial charge is 0.221 e. The van der Waals surface area contributed by atoms with Crippen molar-refractivity contribution in [3.05, 3.63) is 11.9 Å². The highest BCUT2D eigenvalue weighted by molar-refractivity contribution is 5.49. The van der Waals surface area contributed by atoms with E-state index >= 15 is 0 Å². The molecule has 2 N–H and O–H groups in total. The van der Waals surface area contributed by atoms with Gasteiger partial charge in [-0.3, -0.25) is 0 Å². The summed E-state index contributed by atoms with van der Waals surface area (Å²) in [5.41, 5.74) is 0.654. The lowest BCUT2D eigenvalue weighted by Crippen LogP contribution is -2.44. The van der Waals surface area contributed by atoms with Crippen LogP contribution in [0.25, 0.3) is 0 Å². The van der Waals surface area contributed by atoms with Crippen molar-refractivity contribution < 1.29 is 9.84 Å². The summed E-state index contributed by atoms with van der Waals surface area (Å²) in [6, 6.07) is 0. The van der Waals surface area contributed by atoms with Crippen molar-refractivity contribution in [1.29, 1.82) is 0 Å². The lowest BCUT2D eigenvalue weighted by molar-refractivity contribution is 0.172. The van der Waals surface area contributed by atoms with Gasteiger partial charge in [-0.25, -0.2) is 9.97 Å². The van der Waals surface area contributed by atoms with E-state index in [2.05, 4.69) is 15.3 Å². The van der Waals surface area contributed by atoms with Crippen molar-refractivity contribution in [2.24, 2.45) is 0 Å². The lowest BCUT2D eigenvalue weighted by atomic mass is 9.82. The van der Waals surface area contributed by atoms with Crippen LogP contribution in [0.4, 0.5) is 5.82 Å². The van der Waals surface area contributed by atoms with E-state index in [9.17, 15) is 5.11 Å². The molecule has 0 aliphatic heterocycles. The van der Waals surface area contributed by atoms with E-state index in [1.165, 1.54) is 12.7 Å². The van der Waals surface area contributed by atoms with Crippen LogP contribution in [0.15, 0.2) is 6.33 Å². The number of aromatic nitrogens is 2. The van der Waals surface area contributed by atoms with Crippen molar-refractivity contribution in [3.63, 3.8) is 0 Å². The molecule has 1 saturated carbocycles. The zero-order chi connectivity index (χ0) is 13.0. The highest BCUT2D eigenvalue weighted by Gasteiger charge is 2.32. The predicted octanol–water partition coefficient (Wildman–Crippen LogP) is 1.90. The maximum atomic E-state index is 9.68. The molecule has 0 unspecified atom stereocenters. The number of nitrogens with zero attached hydrogens (tertiary/aromatic N) is 2. The molecule has 1 aromatic rings. The molecule has 1 aliphatic carbocycles. The van der Waals surface area contributed by atoms with E-state index in [0.29, 0.717) is 5.88 Å². The maximum Gasteiger partial charge on any atom is 0.221 e. The van der Waals surface area contributed by atoms with Gasteiger partial charge in [-0.2, -0.15) is 0 Å². The average Bonchev–Trinajstić information content (AvgIpc) is 2.42. The van der Waals surface area contributed by atoms with Gasteiger partial charge in [0.2, 0.25) is 5.88 Å². The van der Waals surface area contributed by atoms with Crippen molar-refractivity contribution in [2.45, 2.75) is 44.6 Å². The molecule has 0 amide bonds. The number of nitrogens with one attached hydrogen (secondary N) is 1. The Morgan fingerprint density at radius 2 is 2.06 bits per heavy atom. The maximum absolute atomic E-state index is 9.68. The molecule has 1 fully saturated rings. The SMILES string of the molecule is COc1ncnc(NC2(CO)CCCCC2)c1C. The number of rotatable bonds is 4. The molecule has 5 heteroatoms. The number of methoxy groups -OCH3 is 1. The Hall–Kier alpha value is -1.36. The Bertz CT molecular complexity index is 403. The Balaban J connectivity index is 2.21. The van der Waals surface area contributed by atoms with Gasteiger partial charge in [0.25, 0.3) is 0 Å². The van der Waals surface area contributed by atoms with E-state index in [0.717, 1.165) is 37.1 Å². The zero-order valence-corrected chi connectivity index (χ0v) is 11.1. The first-order valence-corrected chi connectivity index (χ1v) is 6.45. The summed E-state index contributed by atoms with van der Waals surface area (Å²) in [5, 5.41) is 13.1. The molecule has 1 heterocycles. The third-order valence-corrected chi connectivity index (χ3v) is 3.73. The van der Waals surface area contributed by atoms with Crippen molar-refractivity contribution in [3.8, 4) is 5.88 Å². The molecular weight excluding hydrogens is 230 g/mol. The summed E-state index contributed by atoms with van der Waals surface area (Å²) in [4.78, 5) is 8.32. The second kappa shape index (κ2) is 5.52. The molecule has 100 valence electrons. The van der Waals surface area contributed by atoms with Crippen LogP contribution in [0.3, 0.4) is 0 Å². The third kappa shape index (κ3) is 2.56. The first-order valence-electron chi connectivity index (χ1n) is 6.45. The Morgan fingerprint density at radius 3 is 2.67 bits per heavy atom. The average molecular weight is 251 g/mol. The quantitative estimate of drug-likeness (QED) is 0.855. The van der Waals surface area contributed by atoms with E-state index in [4.69, 9.17) is 4.74 Å². The molecule has 0 radical (unpaired) electrons. The fourth-order valence-electron chi connectivity index (χ4n) is 2.57. The van der Waals surface area contributed by atoms with Crippen LogP contribution in [0.2, 0.25) is 0 Å². The van der Waals surface area contributed by atoms with Crippen LogP contribution < -0.4 is 10.1 Å². The number of ether oxygens (including phenoxy) is 1. The van der Waals surface area contributed by atoms with Crippen LogP contribution in [0.5, 0.6) is 5.88 Å². The highest BCUT2D eigenvalue weighted by atomic mass is 16.5. The van der Waals surface area contributed by atoms with Gasteiger partial charge < -0.3 is 15.2 Å². The summed E-state index contributed by atoms with van der Waals surface area (Å²) in [5.74, 6) is 1.34. The molecule has 18 heavy (non-hydrogen) atoms. The lowest BCUT2D eigenvalue weighted by Gasteiger charge is -2.37. The molecule has 0 atom stereocenters. The fourth-order valence-corrected chi connectivity index (χ4v) is 2.57. The zero-order valence-electron chi connectivity index (χ0n) is 11.1. The second-order valence-corrected chi connectivity index (χ2v) is 4.98. The Morgan fingerprint density at radius 1 is 1.33 bits per heavy atom. The largest absolute Gasteiger partial charge is 0.481 e. The van der Waals surface area contributed by atoms with Gasteiger partial charge in [-0.15, -0.1) is 0 Å². The van der Waals surface area contributed by atoms with Crippen molar-refractivity contribution in [2.75, 3.05) is 19.0 Å². The van der Waals surface area contributed by atoms with Gasteiger partial charge in [0.1, 0.15) is 12.1 Å². The van der Waals surface area contributed by atoms with Crippen molar-refractivity contribution in [1.82, 2.24) is 9.97 Å². The highest BCUT2D eigenvalue weighted by Crippen LogP contribution is 2.32. The Kier molecular flexibility index (Phi) is 4.01. The standard InChI is InChI=1S/C13H21N3O2/c1-10-11(14-9-15-12(10)18-2)16-13(8-17)6-4-3-5-7-13/h9,17H,3-8H2,1-2H3,(H,14,15,16). The third-order valence-electron chi connectivity index (χ3n) is 3.73. The fraction of sp³-hybridized carbons (Fsp3) is 0.692.